The molecule has 6 nitrogen and oxygen atoms in total. The number of ether oxygens (including phenoxy) is 1. The maximum absolute atomic E-state index is 13.0. The van der Waals surface area contributed by atoms with Crippen molar-refractivity contribution in [3.05, 3.63) is 65.2 Å². The number of benzene rings is 2. The number of carbonyl (C=O) groups excluding carboxylic acids is 1. The normalized spacial score (nSPS) is 11.5. The molecule has 1 N–H and O–H groups in total. The molecule has 0 saturated heterocycles. The lowest BCUT2D eigenvalue weighted by Gasteiger charge is -2.22. The number of halogens is 1. The summed E-state index contributed by atoms with van der Waals surface area (Å²) in [6, 6.07) is 15.0. The summed E-state index contributed by atoms with van der Waals surface area (Å²) in [4.78, 5) is 12.2. The highest BCUT2D eigenvalue weighted by atomic mass is 35.5. The number of nitrogens with one attached hydrogen (secondary N) is 1. The molecule has 0 unspecified atom stereocenters. The van der Waals surface area contributed by atoms with Gasteiger partial charge in [0.25, 0.3) is 0 Å². The Morgan fingerprint density at radius 3 is 2.38 bits per heavy atom. The molecule has 0 radical (unpaired) electrons. The number of amides is 1. The van der Waals surface area contributed by atoms with E-state index in [4.69, 9.17) is 16.3 Å². The van der Waals surface area contributed by atoms with E-state index < -0.39 is 15.9 Å². The topological polar surface area (TPSA) is 75.7 Å². The number of hydrogen-bond donors (Lipinski definition) is 1. The van der Waals surface area contributed by atoms with Gasteiger partial charge in [0.05, 0.1) is 18.0 Å². The molecule has 2 aromatic carbocycles. The van der Waals surface area contributed by atoms with E-state index in [1.807, 2.05) is 30.3 Å². The van der Waals surface area contributed by atoms with Gasteiger partial charge in [-0.3, -0.25) is 4.79 Å². The quantitative estimate of drug-likeness (QED) is 0.660. The summed E-state index contributed by atoms with van der Waals surface area (Å²) in [5, 5.41) is 3.08. The molecule has 0 atom stereocenters. The fourth-order valence-corrected chi connectivity index (χ4v) is 3.79. The van der Waals surface area contributed by atoms with Crippen LogP contribution in [0.15, 0.2) is 59.5 Å². The van der Waals surface area contributed by atoms with Crippen molar-refractivity contribution in [2.45, 2.75) is 11.4 Å². The minimum absolute atomic E-state index is 0.0857. The first-order chi connectivity index (χ1) is 12.4. The Kier molecular flexibility index (Phi) is 7.59. The van der Waals surface area contributed by atoms with Gasteiger partial charge in [0.2, 0.25) is 15.9 Å². The van der Waals surface area contributed by atoms with Gasteiger partial charge in [-0.2, -0.15) is 4.31 Å². The Bertz CT molecular complexity index is 811. The number of nitrogens with zero attached hydrogens (tertiary/aromatic N) is 1. The molecule has 0 aliphatic heterocycles. The first kappa shape index (κ1) is 20.4. The van der Waals surface area contributed by atoms with Gasteiger partial charge in [-0.25, -0.2) is 8.42 Å². The second-order valence-electron chi connectivity index (χ2n) is 5.56. The van der Waals surface area contributed by atoms with Gasteiger partial charge in [0.1, 0.15) is 0 Å². The van der Waals surface area contributed by atoms with Gasteiger partial charge >= 0.3 is 0 Å². The molecule has 0 aromatic heterocycles. The first-order valence-corrected chi connectivity index (χ1v) is 9.80. The molecule has 0 spiro atoms. The van der Waals surface area contributed by atoms with Gasteiger partial charge in [-0.15, -0.1) is 0 Å². The summed E-state index contributed by atoms with van der Waals surface area (Å²) < 4.78 is 32.0. The molecule has 0 saturated carbocycles. The Morgan fingerprint density at radius 2 is 1.77 bits per heavy atom. The SMILES string of the molecule is COCCNC(=O)CN(Cc1ccccc1)S(=O)(=O)c1ccc(Cl)cc1. The monoisotopic (exact) mass is 396 g/mol. The van der Waals surface area contributed by atoms with Crippen LogP contribution >= 0.6 is 11.6 Å². The minimum atomic E-state index is -3.86. The number of methoxy groups -OCH3 is 1. The van der Waals surface area contributed by atoms with Crippen LogP contribution in [0, 0.1) is 0 Å². The molecule has 2 aromatic rings. The van der Waals surface area contributed by atoms with Gasteiger partial charge < -0.3 is 10.1 Å². The molecule has 0 fully saturated rings. The van der Waals surface area contributed by atoms with Gasteiger partial charge in [0.15, 0.2) is 0 Å². The van der Waals surface area contributed by atoms with E-state index in [2.05, 4.69) is 5.32 Å². The van der Waals surface area contributed by atoms with Crippen molar-refractivity contribution >= 4 is 27.5 Å². The minimum Gasteiger partial charge on any atom is -0.383 e. The Balaban J connectivity index is 2.23. The van der Waals surface area contributed by atoms with Crippen LogP contribution in [-0.2, 0) is 26.1 Å². The Hall–Kier alpha value is -1.93. The third kappa shape index (κ3) is 5.81. The van der Waals surface area contributed by atoms with Crippen molar-refractivity contribution < 1.29 is 17.9 Å². The fraction of sp³-hybridized carbons (Fsp3) is 0.278. The summed E-state index contributed by atoms with van der Waals surface area (Å²) in [6.07, 6.45) is 0. The van der Waals surface area contributed by atoms with Crippen LogP contribution in [0.2, 0.25) is 5.02 Å². The van der Waals surface area contributed by atoms with Crippen LogP contribution in [0.4, 0.5) is 0 Å². The molecular formula is C18H21ClN2O4S. The molecule has 1 amide bonds. The highest BCUT2D eigenvalue weighted by Gasteiger charge is 2.26. The van der Waals surface area contributed by atoms with E-state index in [-0.39, 0.29) is 18.0 Å². The largest absolute Gasteiger partial charge is 0.383 e. The number of carbonyl (C=O) groups is 1. The third-order valence-corrected chi connectivity index (χ3v) is 5.66. The summed E-state index contributed by atoms with van der Waals surface area (Å²) in [7, 11) is -2.33. The standard InChI is InChI=1S/C18H21ClN2O4S/c1-25-12-11-20-18(22)14-21(13-15-5-3-2-4-6-15)26(23,24)17-9-7-16(19)8-10-17/h2-10H,11-14H2,1H3,(H,20,22). The second-order valence-corrected chi connectivity index (χ2v) is 7.93. The average Bonchev–Trinajstić information content (AvgIpc) is 2.62. The number of rotatable bonds is 9. The van der Waals surface area contributed by atoms with E-state index in [1.54, 1.807) is 0 Å². The number of sulfonamides is 1. The molecule has 140 valence electrons. The predicted molar refractivity (Wildman–Crippen MR) is 100 cm³/mol. The van der Waals surface area contributed by atoms with Crippen LogP contribution in [-0.4, -0.2) is 45.4 Å². The van der Waals surface area contributed by atoms with Gasteiger partial charge in [0, 0.05) is 25.2 Å². The summed E-state index contributed by atoms with van der Waals surface area (Å²) >= 11 is 5.84. The lowest BCUT2D eigenvalue weighted by molar-refractivity contribution is -0.121. The van der Waals surface area contributed by atoms with Gasteiger partial charge in [-0.1, -0.05) is 41.9 Å². The lowest BCUT2D eigenvalue weighted by atomic mass is 10.2. The first-order valence-electron chi connectivity index (χ1n) is 7.99. The zero-order chi connectivity index (χ0) is 19.0. The van der Waals surface area contributed by atoms with Crippen LogP contribution in [0.1, 0.15) is 5.56 Å². The zero-order valence-electron chi connectivity index (χ0n) is 14.4. The van der Waals surface area contributed by atoms with E-state index in [1.165, 1.54) is 31.4 Å². The van der Waals surface area contributed by atoms with E-state index >= 15 is 0 Å². The van der Waals surface area contributed by atoms with E-state index in [0.29, 0.717) is 18.2 Å². The molecule has 8 heteroatoms. The van der Waals surface area contributed by atoms with E-state index in [0.717, 1.165) is 9.87 Å². The van der Waals surface area contributed by atoms with Crippen molar-refractivity contribution in [1.82, 2.24) is 9.62 Å². The van der Waals surface area contributed by atoms with Crippen LogP contribution < -0.4 is 5.32 Å². The highest BCUT2D eigenvalue weighted by molar-refractivity contribution is 7.89. The lowest BCUT2D eigenvalue weighted by Crippen LogP contribution is -2.41. The third-order valence-electron chi connectivity index (χ3n) is 3.60. The summed E-state index contributed by atoms with van der Waals surface area (Å²) in [5.41, 5.74) is 0.787. The molecule has 0 heterocycles. The van der Waals surface area contributed by atoms with Gasteiger partial charge in [-0.05, 0) is 29.8 Å². The highest BCUT2D eigenvalue weighted by Crippen LogP contribution is 2.20. The second kappa shape index (κ2) is 9.68. The van der Waals surface area contributed by atoms with Crippen LogP contribution in [0.25, 0.3) is 0 Å². The molecule has 26 heavy (non-hydrogen) atoms. The van der Waals surface area contributed by atoms with Crippen molar-refractivity contribution in [2.24, 2.45) is 0 Å². The molecule has 0 aliphatic carbocycles. The van der Waals surface area contributed by atoms with Crippen molar-refractivity contribution in [3.8, 4) is 0 Å². The fourth-order valence-electron chi connectivity index (χ4n) is 2.28. The maximum atomic E-state index is 13.0. The average molecular weight is 397 g/mol. The summed E-state index contributed by atoms with van der Waals surface area (Å²) in [5.74, 6) is -0.393. The van der Waals surface area contributed by atoms with Crippen molar-refractivity contribution in [2.75, 3.05) is 26.8 Å². The predicted octanol–water partition coefficient (Wildman–Crippen LogP) is 2.29. The Labute approximate surface area is 158 Å². The van der Waals surface area contributed by atoms with Crippen LogP contribution in [0.3, 0.4) is 0 Å². The molecule has 0 aliphatic rings. The molecule has 0 bridgehead atoms. The smallest absolute Gasteiger partial charge is 0.243 e. The van der Waals surface area contributed by atoms with Crippen molar-refractivity contribution in [1.29, 1.82) is 0 Å². The van der Waals surface area contributed by atoms with Crippen LogP contribution in [0.5, 0.6) is 0 Å². The molecular weight excluding hydrogens is 376 g/mol. The van der Waals surface area contributed by atoms with Crippen molar-refractivity contribution in [3.63, 3.8) is 0 Å². The maximum Gasteiger partial charge on any atom is 0.243 e. The zero-order valence-corrected chi connectivity index (χ0v) is 16.0. The summed E-state index contributed by atoms with van der Waals surface area (Å²) in [6.45, 7) is 0.469. The Morgan fingerprint density at radius 1 is 1.12 bits per heavy atom. The molecule has 2 rings (SSSR count). The van der Waals surface area contributed by atoms with E-state index in [9.17, 15) is 13.2 Å². The number of hydrogen-bond acceptors (Lipinski definition) is 4.